The standard InChI is InChI=1S/C16H13NO4S/c18-7-8-21-16(20)13-9-22-15(17-13)14(19)12-6-5-10-3-1-2-4-11(10)12/h1-4,6,9,18H,5,7-8H2. The minimum absolute atomic E-state index is 0.0852. The summed E-state index contributed by atoms with van der Waals surface area (Å²) in [6, 6.07) is 7.74. The molecule has 2 aromatic rings. The van der Waals surface area contributed by atoms with Gasteiger partial charge in [-0.2, -0.15) is 0 Å². The lowest BCUT2D eigenvalue weighted by Gasteiger charge is -2.02. The van der Waals surface area contributed by atoms with E-state index in [9.17, 15) is 9.59 Å². The summed E-state index contributed by atoms with van der Waals surface area (Å²) < 4.78 is 4.78. The van der Waals surface area contributed by atoms with Crippen molar-refractivity contribution in [2.75, 3.05) is 13.2 Å². The zero-order chi connectivity index (χ0) is 15.5. The van der Waals surface area contributed by atoms with Gasteiger partial charge in [0, 0.05) is 11.0 Å². The summed E-state index contributed by atoms with van der Waals surface area (Å²) in [4.78, 5) is 28.2. The highest BCUT2D eigenvalue weighted by atomic mass is 32.1. The van der Waals surface area contributed by atoms with Gasteiger partial charge in [-0.25, -0.2) is 9.78 Å². The van der Waals surface area contributed by atoms with E-state index >= 15 is 0 Å². The third-order valence-corrected chi connectivity index (χ3v) is 4.15. The average molecular weight is 315 g/mol. The molecule has 0 fully saturated rings. The van der Waals surface area contributed by atoms with Crippen LogP contribution in [0, 0.1) is 0 Å². The lowest BCUT2D eigenvalue weighted by atomic mass is 10.0. The highest BCUT2D eigenvalue weighted by Gasteiger charge is 2.24. The Balaban J connectivity index is 1.80. The summed E-state index contributed by atoms with van der Waals surface area (Å²) >= 11 is 1.12. The van der Waals surface area contributed by atoms with Gasteiger partial charge in [0.1, 0.15) is 6.61 Å². The molecule has 0 spiro atoms. The SMILES string of the molecule is O=C(OCCO)c1csc(C(=O)C2=CCc3ccccc32)n1. The summed E-state index contributed by atoms with van der Waals surface area (Å²) in [7, 11) is 0. The van der Waals surface area contributed by atoms with Crippen molar-refractivity contribution in [2.24, 2.45) is 0 Å². The number of esters is 1. The fraction of sp³-hybridized carbons (Fsp3) is 0.188. The summed E-state index contributed by atoms with van der Waals surface area (Å²) in [6.07, 6.45) is 2.62. The molecule has 3 rings (SSSR count). The minimum atomic E-state index is -0.634. The molecule has 112 valence electrons. The highest BCUT2D eigenvalue weighted by molar-refractivity contribution is 7.12. The maximum absolute atomic E-state index is 12.5. The van der Waals surface area contributed by atoms with Crippen LogP contribution in [0.4, 0.5) is 0 Å². The van der Waals surface area contributed by atoms with Crippen LogP contribution < -0.4 is 0 Å². The number of aliphatic hydroxyl groups is 1. The van der Waals surface area contributed by atoms with Gasteiger partial charge in [0.25, 0.3) is 0 Å². The van der Waals surface area contributed by atoms with Crippen molar-refractivity contribution in [1.82, 2.24) is 4.98 Å². The van der Waals surface area contributed by atoms with Crippen molar-refractivity contribution in [2.45, 2.75) is 6.42 Å². The van der Waals surface area contributed by atoms with Crippen LogP contribution in [0.25, 0.3) is 5.57 Å². The number of Topliss-reactive ketones (excluding diaryl/α,β-unsaturated/α-hetero) is 1. The van der Waals surface area contributed by atoms with Crippen LogP contribution >= 0.6 is 11.3 Å². The number of aromatic nitrogens is 1. The summed E-state index contributed by atoms with van der Waals surface area (Å²) in [5, 5.41) is 10.4. The number of ketones is 1. The molecule has 0 bridgehead atoms. The van der Waals surface area contributed by atoms with Crippen molar-refractivity contribution in [1.29, 1.82) is 0 Å². The second kappa shape index (κ2) is 6.21. The highest BCUT2D eigenvalue weighted by Crippen LogP contribution is 2.30. The van der Waals surface area contributed by atoms with Gasteiger partial charge in [0.05, 0.1) is 6.61 Å². The number of nitrogens with zero attached hydrogens (tertiary/aromatic N) is 1. The molecule has 1 aromatic heterocycles. The number of allylic oxidation sites excluding steroid dienone is 2. The Morgan fingerprint density at radius 3 is 2.95 bits per heavy atom. The predicted molar refractivity (Wildman–Crippen MR) is 81.9 cm³/mol. The van der Waals surface area contributed by atoms with Crippen molar-refractivity contribution in [3.05, 3.63) is 57.6 Å². The van der Waals surface area contributed by atoms with Crippen LogP contribution in [0.1, 0.15) is 31.4 Å². The Morgan fingerprint density at radius 2 is 2.14 bits per heavy atom. The maximum Gasteiger partial charge on any atom is 0.357 e. The fourth-order valence-corrected chi connectivity index (χ4v) is 3.04. The average Bonchev–Trinajstić information content (AvgIpc) is 3.19. The first-order valence-corrected chi connectivity index (χ1v) is 7.65. The van der Waals surface area contributed by atoms with Crippen molar-refractivity contribution < 1.29 is 19.4 Å². The molecule has 5 nitrogen and oxygen atoms in total. The molecule has 1 N–H and O–H groups in total. The van der Waals surface area contributed by atoms with E-state index in [4.69, 9.17) is 9.84 Å². The monoisotopic (exact) mass is 315 g/mol. The molecule has 0 unspecified atom stereocenters. The van der Waals surface area contributed by atoms with Crippen LogP contribution in [0.3, 0.4) is 0 Å². The lowest BCUT2D eigenvalue weighted by molar-refractivity contribution is 0.0428. The fourth-order valence-electron chi connectivity index (χ4n) is 2.30. The number of carbonyl (C=O) groups excluding carboxylic acids is 2. The number of rotatable bonds is 5. The molecular weight excluding hydrogens is 302 g/mol. The topological polar surface area (TPSA) is 76.5 Å². The molecule has 0 aliphatic heterocycles. The second-order valence-electron chi connectivity index (χ2n) is 4.71. The number of benzene rings is 1. The van der Waals surface area contributed by atoms with E-state index in [0.717, 1.165) is 28.9 Å². The first-order chi connectivity index (χ1) is 10.7. The molecule has 0 saturated heterocycles. The Labute approximate surface area is 130 Å². The third-order valence-electron chi connectivity index (χ3n) is 3.31. The number of hydrogen-bond acceptors (Lipinski definition) is 6. The van der Waals surface area contributed by atoms with Crippen molar-refractivity contribution in [3.8, 4) is 0 Å². The Bertz CT molecular complexity index is 763. The maximum atomic E-state index is 12.5. The van der Waals surface area contributed by atoms with Crippen molar-refractivity contribution in [3.63, 3.8) is 0 Å². The van der Waals surface area contributed by atoms with E-state index in [2.05, 4.69) is 4.98 Å². The third kappa shape index (κ3) is 2.70. The minimum Gasteiger partial charge on any atom is -0.459 e. The summed E-state index contributed by atoms with van der Waals surface area (Å²) in [5.74, 6) is -0.818. The van der Waals surface area contributed by atoms with Gasteiger partial charge in [-0.15, -0.1) is 11.3 Å². The van der Waals surface area contributed by atoms with Gasteiger partial charge < -0.3 is 9.84 Å². The van der Waals surface area contributed by atoms with Gasteiger partial charge in [0.2, 0.25) is 5.78 Å². The van der Waals surface area contributed by atoms with Crippen LogP contribution in [0.15, 0.2) is 35.7 Å². The van der Waals surface area contributed by atoms with E-state index < -0.39 is 5.97 Å². The quantitative estimate of drug-likeness (QED) is 0.675. The molecular formula is C16H13NO4S. The normalized spacial score (nSPS) is 12.7. The van der Waals surface area contributed by atoms with E-state index in [1.54, 1.807) is 0 Å². The Morgan fingerprint density at radius 1 is 1.32 bits per heavy atom. The van der Waals surface area contributed by atoms with Gasteiger partial charge in [-0.05, 0) is 17.5 Å². The molecule has 0 amide bonds. The smallest absolute Gasteiger partial charge is 0.357 e. The number of hydrogen-bond donors (Lipinski definition) is 1. The number of fused-ring (bicyclic) bond motifs is 1. The van der Waals surface area contributed by atoms with E-state index in [-0.39, 0.29) is 29.7 Å². The molecule has 0 saturated carbocycles. The van der Waals surface area contributed by atoms with Crippen LogP contribution in [0.2, 0.25) is 0 Å². The molecule has 6 heteroatoms. The first-order valence-electron chi connectivity index (χ1n) is 6.77. The predicted octanol–water partition coefficient (Wildman–Crippen LogP) is 2.11. The van der Waals surface area contributed by atoms with E-state index in [0.29, 0.717) is 5.57 Å². The number of thiazole rings is 1. The summed E-state index contributed by atoms with van der Waals surface area (Å²) in [6.45, 7) is -0.330. The van der Waals surface area contributed by atoms with Gasteiger partial charge in [-0.3, -0.25) is 4.79 Å². The number of carbonyl (C=O) groups is 2. The van der Waals surface area contributed by atoms with Crippen molar-refractivity contribution >= 4 is 28.7 Å². The Hall–Kier alpha value is -2.31. The summed E-state index contributed by atoms with van der Waals surface area (Å²) in [5.41, 5.74) is 2.76. The van der Waals surface area contributed by atoms with E-state index in [1.165, 1.54) is 5.38 Å². The van der Waals surface area contributed by atoms with Crippen LogP contribution in [-0.4, -0.2) is 35.1 Å². The number of aliphatic hydroxyl groups excluding tert-OH is 1. The molecule has 1 aromatic carbocycles. The van der Waals surface area contributed by atoms with E-state index in [1.807, 2.05) is 30.3 Å². The molecule has 0 atom stereocenters. The molecule has 1 aliphatic carbocycles. The van der Waals surface area contributed by atoms with Gasteiger partial charge >= 0.3 is 5.97 Å². The first kappa shape index (κ1) is 14.6. The van der Waals surface area contributed by atoms with Crippen LogP contribution in [-0.2, 0) is 11.2 Å². The van der Waals surface area contributed by atoms with Crippen LogP contribution in [0.5, 0.6) is 0 Å². The molecule has 1 heterocycles. The Kier molecular flexibility index (Phi) is 4.13. The number of ether oxygens (including phenoxy) is 1. The van der Waals surface area contributed by atoms with Gasteiger partial charge in [-0.1, -0.05) is 30.3 Å². The lowest BCUT2D eigenvalue weighted by Crippen LogP contribution is -2.10. The molecule has 1 aliphatic rings. The zero-order valence-corrected chi connectivity index (χ0v) is 12.4. The molecule has 0 radical (unpaired) electrons. The molecule has 22 heavy (non-hydrogen) atoms. The second-order valence-corrected chi connectivity index (χ2v) is 5.56. The zero-order valence-electron chi connectivity index (χ0n) is 11.6. The van der Waals surface area contributed by atoms with Gasteiger partial charge in [0.15, 0.2) is 10.7 Å². The largest absolute Gasteiger partial charge is 0.459 e.